The molecule has 1 nitrogen and oxygen atoms in total. The number of carbonyl (C=O) groups excluding carboxylic acids is 1. The summed E-state index contributed by atoms with van der Waals surface area (Å²) < 4.78 is 0. The molecule has 1 saturated carbocycles. The molecule has 0 heterocycles. The lowest BCUT2D eigenvalue weighted by atomic mass is 9.49. The lowest BCUT2D eigenvalue weighted by Crippen LogP contribution is -2.50. The second kappa shape index (κ2) is 4.12. The molecular weight excluding hydrogens is 208 g/mol. The molecule has 0 radical (unpaired) electrons. The zero-order valence-corrected chi connectivity index (χ0v) is 11.4. The van der Waals surface area contributed by atoms with Gasteiger partial charge in [0.2, 0.25) is 0 Å². The Balaban J connectivity index is 2.43. The van der Waals surface area contributed by atoms with Crippen molar-refractivity contribution < 1.29 is 4.79 Å². The number of ketones is 1. The van der Waals surface area contributed by atoms with Crippen LogP contribution in [0.15, 0.2) is 24.3 Å². The monoisotopic (exact) mass is 232 g/mol. The fourth-order valence-corrected chi connectivity index (χ4v) is 4.10. The van der Waals surface area contributed by atoms with Gasteiger partial charge in [0.25, 0.3) is 0 Å². The van der Waals surface area contributed by atoms with Crippen molar-refractivity contribution in [2.75, 3.05) is 0 Å². The first-order chi connectivity index (χ1) is 7.95. The van der Waals surface area contributed by atoms with E-state index < -0.39 is 0 Å². The first kappa shape index (κ1) is 12.6. The van der Waals surface area contributed by atoms with E-state index >= 15 is 0 Å². The maximum atomic E-state index is 12.3. The number of hydrogen-bond donors (Lipinski definition) is 0. The van der Waals surface area contributed by atoms with Gasteiger partial charge in [-0.3, -0.25) is 4.79 Å². The minimum atomic E-state index is -0.176. The van der Waals surface area contributed by atoms with Crippen LogP contribution in [0.3, 0.4) is 0 Å². The van der Waals surface area contributed by atoms with Crippen molar-refractivity contribution in [3.8, 4) is 0 Å². The number of Topliss-reactive ketones (excluding diaryl/α,β-unsaturated/α-hetero) is 1. The number of hydrogen-bond acceptors (Lipinski definition) is 1. The van der Waals surface area contributed by atoms with E-state index in [4.69, 9.17) is 0 Å². The molecule has 0 aromatic rings. The van der Waals surface area contributed by atoms with Crippen molar-refractivity contribution >= 4 is 5.78 Å². The maximum absolute atomic E-state index is 12.3. The maximum Gasteiger partial charge on any atom is 0.139 e. The van der Waals surface area contributed by atoms with Gasteiger partial charge in [0, 0.05) is 11.8 Å². The first-order valence-electron chi connectivity index (χ1n) is 6.76. The summed E-state index contributed by atoms with van der Waals surface area (Å²) in [5, 5.41) is 0. The largest absolute Gasteiger partial charge is 0.299 e. The summed E-state index contributed by atoms with van der Waals surface area (Å²) in [6.45, 7) is 10.6. The van der Waals surface area contributed by atoms with Gasteiger partial charge in [-0.05, 0) is 43.9 Å². The summed E-state index contributed by atoms with van der Waals surface area (Å²) >= 11 is 0. The van der Waals surface area contributed by atoms with Crippen molar-refractivity contribution in [2.45, 2.75) is 52.9 Å². The number of fused-ring (bicyclic) bond motifs is 1. The normalized spacial score (nSPS) is 41.7. The second-order valence-corrected chi connectivity index (χ2v) is 6.27. The van der Waals surface area contributed by atoms with E-state index in [2.05, 4.69) is 33.4 Å². The molecule has 0 spiro atoms. The summed E-state index contributed by atoms with van der Waals surface area (Å²) in [6.07, 6.45) is 9.20. The van der Waals surface area contributed by atoms with Gasteiger partial charge in [-0.2, -0.15) is 0 Å². The van der Waals surface area contributed by atoms with Gasteiger partial charge in [0.05, 0.1) is 0 Å². The Bertz CT molecular complexity index is 379. The zero-order chi connectivity index (χ0) is 12.7. The van der Waals surface area contributed by atoms with Crippen LogP contribution in [0.5, 0.6) is 0 Å². The summed E-state index contributed by atoms with van der Waals surface area (Å²) in [7, 11) is 0. The molecule has 0 aliphatic heterocycles. The first-order valence-corrected chi connectivity index (χ1v) is 6.76. The highest BCUT2D eigenvalue weighted by molar-refractivity contribution is 5.86. The van der Waals surface area contributed by atoms with E-state index in [1.54, 1.807) is 0 Å². The number of carbonyl (C=O) groups is 1. The standard InChI is InChI=1S/C16H24O/c1-5-10-16(4)13-8-6-7-12(2)15(13,3)11-9-14(16)17/h5,7,13H,1,6,8-11H2,2-4H3/t13-,15-,16+/m1/s1. The van der Waals surface area contributed by atoms with Crippen molar-refractivity contribution in [1.82, 2.24) is 0 Å². The molecule has 1 heteroatoms. The molecule has 94 valence electrons. The summed E-state index contributed by atoms with van der Waals surface area (Å²) in [6, 6.07) is 0. The van der Waals surface area contributed by atoms with Crippen LogP contribution in [0.2, 0.25) is 0 Å². The Labute approximate surface area is 105 Å². The average Bonchev–Trinajstić information content (AvgIpc) is 2.28. The highest BCUT2D eigenvalue weighted by atomic mass is 16.1. The Hall–Kier alpha value is -0.850. The van der Waals surface area contributed by atoms with E-state index in [9.17, 15) is 4.79 Å². The lowest BCUT2D eigenvalue weighted by molar-refractivity contribution is -0.140. The van der Waals surface area contributed by atoms with Crippen LogP contribution in [-0.2, 0) is 4.79 Å². The van der Waals surface area contributed by atoms with E-state index in [1.165, 1.54) is 5.57 Å². The van der Waals surface area contributed by atoms with Crippen LogP contribution in [0, 0.1) is 16.7 Å². The van der Waals surface area contributed by atoms with Gasteiger partial charge >= 0.3 is 0 Å². The minimum absolute atomic E-state index is 0.176. The Morgan fingerprint density at radius 2 is 2.24 bits per heavy atom. The fourth-order valence-electron chi connectivity index (χ4n) is 4.10. The number of allylic oxidation sites excluding steroid dienone is 3. The molecule has 0 bridgehead atoms. The van der Waals surface area contributed by atoms with E-state index in [0.29, 0.717) is 11.7 Å². The van der Waals surface area contributed by atoms with Gasteiger partial charge < -0.3 is 0 Å². The Kier molecular flexibility index (Phi) is 3.05. The molecule has 2 rings (SSSR count). The summed E-state index contributed by atoms with van der Waals surface area (Å²) in [4.78, 5) is 12.3. The molecule has 0 aromatic heterocycles. The molecule has 2 aliphatic carbocycles. The second-order valence-electron chi connectivity index (χ2n) is 6.27. The molecule has 0 unspecified atom stereocenters. The molecule has 0 amide bonds. The average molecular weight is 232 g/mol. The van der Waals surface area contributed by atoms with Crippen molar-refractivity contribution in [3.05, 3.63) is 24.3 Å². The van der Waals surface area contributed by atoms with E-state index in [1.807, 2.05) is 6.08 Å². The van der Waals surface area contributed by atoms with E-state index in [-0.39, 0.29) is 10.8 Å². The Morgan fingerprint density at radius 3 is 2.88 bits per heavy atom. The van der Waals surface area contributed by atoms with Crippen LogP contribution in [0.1, 0.15) is 52.9 Å². The van der Waals surface area contributed by atoms with Crippen LogP contribution in [-0.4, -0.2) is 5.78 Å². The molecule has 17 heavy (non-hydrogen) atoms. The fraction of sp³-hybridized carbons (Fsp3) is 0.688. The predicted molar refractivity (Wildman–Crippen MR) is 71.8 cm³/mol. The molecular formula is C16H24O. The lowest BCUT2D eigenvalue weighted by Gasteiger charge is -2.53. The van der Waals surface area contributed by atoms with Gasteiger partial charge in [0.1, 0.15) is 5.78 Å². The molecule has 3 atom stereocenters. The van der Waals surface area contributed by atoms with E-state index in [0.717, 1.165) is 32.1 Å². The third-order valence-corrected chi connectivity index (χ3v) is 5.42. The van der Waals surface area contributed by atoms with Gasteiger partial charge in [-0.15, -0.1) is 6.58 Å². The minimum Gasteiger partial charge on any atom is -0.299 e. The summed E-state index contributed by atoms with van der Waals surface area (Å²) in [5.41, 5.74) is 1.56. The Morgan fingerprint density at radius 1 is 1.53 bits per heavy atom. The third kappa shape index (κ3) is 1.71. The van der Waals surface area contributed by atoms with Gasteiger partial charge in [-0.25, -0.2) is 0 Å². The number of rotatable bonds is 2. The quantitative estimate of drug-likeness (QED) is 0.649. The highest BCUT2D eigenvalue weighted by Gasteiger charge is 2.53. The van der Waals surface area contributed by atoms with Crippen LogP contribution in [0.4, 0.5) is 0 Å². The van der Waals surface area contributed by atoms with Gasteiger partial charge in [-0.1, -0.05) is 31.6 Å². The zero-order valence-electron chi connectivity index (χ0n) is 11.4. The smallest absolute Gasteiger partial charge is 0.139 e. The van der Waals surface area contributed by atoms with Crippen molar-refractivity contribution in [1.29, 1.82) is 0 Å². The molecule has 1 fully saturated rings. The van der Waals surface area contributed by atoms with Crippen molar-refractivity contribution in [2.24, 2.45) is 16.7 Å². The molecule has 0 N–H and O–H groups in total. The topological polar surface area (TPSA) is 17.1 Å². The molecule has 2 aliphatic rings. The SMILES string of the molecule is C=CC[C@]1(C)C(=O)CC[C@]2(C)C(C)=CCC[C@@H]12. The van der Waals surface area contributed by atoms with Gasteiger partial charge in [0.15, 0.2) is 0 Å². The van der Waals surface area contributed by atoms with Crippen molar-refractivity contribution in [3.63, 3.8) is 0 Å². The van der Waals surface area contributed by atoms with Crippen LogP contribution < -0.4 is 0 Å². The third-order valence-electron chi connectivity index (χ3n) is 5.42. The molecule has 0 saturated heterocycles. The van der Waals surface area contributed by atoms with Crippen LogP contribution >= 0.6 is 0 Å². The molecule has 0 aromatic carbocycles. The highest BCUT2D eigenvalue weighted by Crippen LogP contribution is 2.58. The summed E-state index contributed by atoms with van der Waals surface area (Å²) in [5.74, 6) is 0.953. The predicted octanol–water partition coefficient (Wildman–Crippen LogP) is 4.29. The van der Waals surface area contributed by atoms with Crippen LogP contribution in [0.25, 0.3) is 0 Å².